The van der Waals surface area contributed by atoms with E-state index in [9.17, 15) is 0 Å². The first-order chi connectivity index (χ1) is 29.7. The largest absolute Gasteiger partial charge is 0.456 e. The van der Waals surface area contributed by atoms with Crippen molar-refractivity contribution in [2.75, 3.05) is 4.90 Å². The van der Waals surface area contributed by atoms with Gasteiger partial charge in [0.25, 0.3) is 0 Å². The van der Waals surface area contributed by atoms with Crippen molar-refractivity contribution in [2.45, 2.75) is 0 Å². The van der Waals surface area contributed by atoms with E-state index in [1.807, 2.05) is 12.1 Å². The normalized spacial score (nSPS) is 11.3. The number of fused-ring (bicyclic) bond motifs is 4. The van der Waals surface area contributed by atoms with E-state index in [0.717, 1.165) is 55.7 Å². The minimum atomic E-state index is 0.878. The van der Waals surface area contributed by atoms with Gasteiger partial charge in [-0.05, 0) is 122 Å². The average molecular weight is 766 g/mol. The van der Waals surface area contributed by atoms with Crippen molar-refractivity contribution in [3.63, 3.8) is 0 Å². The van der Waals surface area contributed by atoms with Crippen molar-refractivity contribution in [3.05, 3.63) is 237 Å². The highest BCUT2D eigenvalue weighted by Crippen LogP contribution is 2.44. The fourth-order valence-corrected chi connectivity index (χ4v) is 8.60. The summed E-state index contributed by atoms with van der Waals surface area (Å²) in [5.41, 5.74) is 16.9. The summed E-state index contributed by atoms with van der Waals surface area (Å²) >= 11 is 0. The molecule has 11 aromatic rings. The summed E-state index contributed by atoms with van der Waals surface area (Å²) in [5, 5.41) is 4.71. The lowest BCUT2D eigenvalue weighted by atomic mass is 9.96. The van der Waals surface area contributed by atoms with Crippen LogP contribution in [0.4, 0.5) is 17.1 Å². The first-order valence-electron chi connectivity index (χ1n) is 20.5. The van der Waals surface area contributed by atoms with Crippen LogP contribution in [0.15, 0.2) is 241 Å². The van der Waals surface area contributed by atoms with E-state index < -0.39 is 0 Å². The molecule has 0 unspecified atom stereocenters. The fraction of sp³-hybridized carbons (Fsp3) is 0. The fourth-order valence-electron chi connectivity index (χ4n) is 8.60. The van der Waals surface area contributed by atoms with Crippen LogP contribution >= 0.6 is 0 Å². The zero-order valence-corrected chi connectivity index (χ0v) is 32.9. The van der Waals surface area contributed by atoms with Crippen molar-refractivity contribution < 1.29 is 4.42 Å². The molecular formula is C58H39NO. The summed E-state index contributed by atoms with van der Waals surface area (Å²) in [7, 11) is 0. The molecule has 282 valence electrons. The van der Waals surface area contributed by atoms with Crippen molar-refractivity contribution in [1.82, 2.24) is 0 Å². The number of benzene rings is 10. The van der Waals surface area contributed by atoms with Crippen molar-refractivity contribution in [1.29, 1.82) is 0 Å². The van der Waals surface area contributed by atoms with Gasteiger partial charge >= 0.3 is 0 Å². The lowest BCUT2D eigenvalue weighted by Crippen LogP contribution is -2.11. The highest BCUT2D eigenvalue weighted by atomic mass is 16.3. The standard InChI is InChI=1S/C58H39NO/c1-2-12-40(13-3-1)47-17-11-19-50(38-47)53-20-6-8-22-56(53)59(52-34-35-58-55(39-52)54-21-7-9-23-57(54)60-58)51-32-30-43(31-33-51)42-24-26-44(27-25-42)46-16-10-18-48(36-46)49-29-28-41-14-4-5-15-45(41)37-49/h1-39H. The Kier molecular flexibility index (Phi) is 8.87. The number of hydrogen-bond donors (Lipinski definition) is 0. The van der Waals surface area contributed by atoms with Gasteiger partial charge in [-0.15, -0.1) is 0 Å². The molecule has 0 N–H and O–H groups in total. The van der Waals surface area contributed by atoms with Crippen LogP contribution in [0.2, 0.25) is 0 Å². The second-order valence-corrected chi connectivity index (χ2v) is 15.3. The lowest BCUT2D eigenvalue weighted by Gasteiger charge is -2.28. The van der Waals surface area contributed by atoms with Crippen molar-refractivity contribution in [2.24, 2.45) is 0 Å². The molecule has 0 aliphatic rings. The molecule has 0 atom stereocenters. The molecule has 11 rings (SSSR count). The molecule has 0 aliphatic carbocycles. The second kappa shape index (κ2) is 15.1. The zero-order chi connectivity index (χ0) is 39.8. The highest BCUT2D eigenvalue weighted by molar-refractivity contribution is 6.07. The summed E-state index contributed by atoms with van der Waals surface area (Å²) < 4.78 is 6.27. The van der Waals surface area contributed by atoms with Crippen LogP contribution in [0, 0.1) is 0 Å². The van der Waals surface area contributed by atoms with Crippen LogP contribution in [0.25, 0.3) is 88.3 Å². The third-order valence-corrected chi connectivity index (χ3v) is 11.7. The molecule has 0 amide bonds. The van der Waals surface area contributed by atoms with Gasteiger partial charge < -0.3 is 9.32 Å². The number of furan rings is 1. The quantitative estimate of drug-likeness (QED) is 0.153. The van der Waals surface area contributed by atoms with E-state index in [2.05, 4.69) is 229 Å². The molecular weight excluding hydrogens is 727 g/mol. The first-order valence-corrected chi connectivity index (χ1v) is 20.5. The van der Waals surface area contributed by atoms with Crippen LogP contribution < -0.4 is 4.90 Å². The molecule has 2 heteroatoms. The molecule has 1 heterocycles. The monoisotopic (exact) mass is 765 g/mol. The summed E-state index contributed by atoms with van der Waals surface area (Å²) in [5.74, 6) is 0. The molecule has 1 aromatic heterocycles. The first kappa shape index (κ1) is 35.2. The van der Waals surface area contributed by atoms with E-state index >= 15 is 0 Å². The van der Waals surface area contributed by atoms with E-state index in [0.29, 0.717) is 0 Å². The Bertz CT molecular complexity index is 3310. The van der Waals surface area contributed by atoms with Gasteiger partial charge in [0.05, 0.1) is 5.69 Å². The minimum absolute atomic E-state index is 0.878. The number of para-hydroxylation sites is 2. The van der Waals surface area contributed by atoms with Gasteiger partial charge in [0.15, 0.2) is 0 Å². The van der Waals surface area contributed by atoms with Crippen molar-refractivity contribution >= 4 is 49.8 Å². The maximum Gasteiger partial charge on any atom is 0.135 e. The van der Waals surface area contributed by atoms with Gasteiger partial charge in [0, 0.05) is 27.7 Å². The van der Waals surface area contributed by atoms with Crippen LogP contribution in [0.3, 0.4) is 0 Å². The molecule has 0 aliphatic heterocycles. The van der Waals surface area contributed by atoms with Crippen LogP contribution in [-0.2, 0) is 0 Å². The van der Waals surface area contributed by atoms with Gasteiger partial charge in [0.1, 0.15) is 11.2 Å². The van der Waals surface area contributed by atoms with E-state index in [1.165, 1.54) is 49.7 Å². The molecule has 0 bridgehead atoms. The molecule has 0 saturated carbocycles. The smallest absolute Gasteiger partial charge is 0.135 e. The SMILES string of the molecule is c1ccc(-c2cccc(-c3ccccc3N(c3ccc(-c4ccc(-c5cccc(-c6ccc7ccccc7c6)c5)cc4)cc3)c3ccc4oc5ccccc5c4c3)c2)cc1. The third-order valence-electron chi connectivity index (χ3n) is 11.7. The number of rotatable bonds is 8. The Morgan fingerprint density at radius 3 is 1.55 bits per heavy atom. The van der Waals surface area contributed by atoms with E-state index in [1.54, 1.807) is 0 Å². The minimum Gasteiger partial charge on any atom is -0.456 e. The highest BCUT2D eigenvalue weighted by Gasteiger charge is 2.19. The summed E-state index contributed by atoms with van der Waals surface area (Å²) in [4.78, 5) is 2.38. The predicted molar refractivity (Wildman–Crippen MR) is 253 cm³/mol. The molecule has 10 aromatic carbocycles. The predicted octanol–water partition coefficient (Wildman–Crippen LogP) is 16.5. The molecule has 2 nitrogen and oxygen atoms in total. The number of hydrogen-bond acceptors (Lipinski definition) is 2. The number of anilines is 3. The Labute approximate surface area is 349 Å². The topological polar surface area (TPSA) is 16.4 Å². The number of nitrogens with zero attached hydrogens (tertiary/aromatic N) is 1. The maximum atomic E-state index is 6.27. The summed E-state index contributed by atoms with van der Waals surface area (Å²) in [6.45, 7) is 0. The van der Waals surface area contributed by atoms with Gasteiger partial charge in [-0.3, -0.25) is 0 Å². The van der Waals surface area contributed by atoms with E-state index in [4.69, 9.17) is 4.42 Å². The summed E-state index contributed by atoms with van der Waals surface area (Å²) in [6, 6.07) is 84.9. The third kappa shape index (κ3) is 6.61. The Hall–Kier alpha value is -7.94. The average Bonchev–Trinajstić information content (AvgIpc) is 3.70. The van der Waals surface area contributed by atoms with Crippen LogP contribution in [0.1, 0.15) is 0 Å². The van der Waals surface area contributed by atoms with E-state index in [-0.39, 0.29) is 0 Å². The molecule has 0 radical (unpaired) electrons. The van der Waals surface area contributed by atoms with Gasteiger partial charge in [-0.25, -0.2) is 0 Å². The van der Waals surface area contributed by atoms with Gasteiger partial charge in [-0.1, -0.05) is 176 Å². The summed E-state index contributed by atoms with van der Waals surface area (Å²) in [6.07, 6.45) is 0. The zero-order valence-electron chi connectivity index (χ0n) is 32.9. The van der Waals surface area contributed by atoms with Crippen molar-refractivity contribution in [3.8, 4) is 55.6 Å². The molecule has 60 heavy (non-hydrogen) atoms. The Morgan fingerprint density at radius 1 is 0.267 bits per heavy atom. The Morgan fingerprint density at radius 2 is 0.767 bits per heavy atom. The van der Waals surface area contributed by atoms with Crippen LogP contribution in [-0.4, -0.2) is 0 Å². The lowest BCUT2D eigenvalue weighted by molar-refractivity contribution is 0.669. The van der Waals surface area contributed by atoms with Crippen LogP contribution in [0.5, 0.6) is 0 Å². The second-order valence-electron chi connectivity index (χ2n) is 15.3. The molecule has 0 saturated heterocycles. The maximum absolute atomic E-state index is 6.27. The molecule has 0 fully saturated rings. The van der Waals surface area contributed by atoms with Gasteiger partial charge in [-0.2, -0.15) is 0 Å². The molecule has 0 spiro atoms. The van der Waals surface area contributed by atoms with Gasteiger partial charge in [0.2, 0.25) is 0 Å². The Balaban J connectivity index is 0.956.